The van der Waals surface area contributed by atoms with Crippen LogP contribution in [0.25, 0.3) is 10.9 Å². The summed E-state index contributed by atoms with van der Waals surface area (Å²) in [7, 11) is 0. The summed E-state index contributed by atoms with van der Waals surface area (Å²) in [6.45, 7) is 3.18. The number of hydrogen-bond acceptors (Lipinski definition) is 1. The maximum atomic E-state index is 12.8. The summed E-state index contributed by atoms with van der Waals surface area (Å²) in [6, 6.07) is 14.1. The van der Waals surface area contributed by atoms with E-state index in [4.69, 9.17) is 0 Å². The van der Waals surface area contributed by atoms with E-state index in [0.29, 0.717) is 6.54 Å². The maximum absolute atomic E-state index is 12.8. The van der Waals surface area contributed by atoms with Gasteiger partial charge in [-0.25, -0.2) is 0 Å². The van der Waals surface area contributed by atoms with E-state index in [1.807, 2.05) is 35.0 Å². The van der Waals surface area contributed by atoms with Crippen LogP contribution in [0.5, 0.6) is 0 Å². The smallest absolute Gasteiger partial charge is 0.343 e. The van der Waals surface area contributed by atoms with E-state index >= 15 is 0 Å². The number of nitrogens with zero attached hydrogens (tertiary/aromatic N) is 1. The molecule has 0 fully saturated rings. The Bertz CT molecular complexity index is 926. The Morgan fingerprint density at radius 2 is 1.81 bits per heavy atom. The summed E-state index contributed by atoms with van der Waals surface area (Å²) in [5.41, 5.74) is 2.91. The summed E-state index contributed by atoms with van der Waals surface area (Å²) < 4.78 is 40.4. The Labute approximate surface area is 149 Å². The molecule has 3 aromatic rings. The largest absolute Gasteiger partial charge is 0.395 e. The minimum absolute atomic E-state index is 0.128. The summed E-state index contributed by atoms with van der Waals surface area (Å²) in [4.78, 5) is 11.1. The summed E-state index contributed by atoms with van der Waals surface area (Å²) in [5.74, 6) is -1.60. The minimum Gasteiger partial charge on any atom is -0.343 e. The number of rotatable bonds is 4. The number of benzene rings is 2. The molecule has 0 saturated carbocycles. The Kier molecular flexibility index (Phi) is 4.76. The van der Waals surface area contributed by atoms with Crippen LogP contribution in [0.2, 0.25) is 0 Å². The van der Waals surface area contributed by atoms with Gasteiger partial charge in [-0.3, -0.25) is 4.79 Å². The molecule has 0 spiro atoms. The molecule has 0 bridgehead atoms. The second-order valence-corrected chi connectivity index (χ2v) is 6.40. The zero-order chi connectivity index (χ0) is 18.9. The second-order valence-electron chi connectivity index (χ2n) is 6.40. The highest BCUT2D eigenvalue weighted by molar-refractivity contribution is 5.92. The average molecular weight is 360 g/mol. The number of fused-ring (bicyclic) bond motifs is 1. The molecule has 1 amide bonds. The molecule has 3 nitrogen and oxygen atoms in total. The molecule has 2 aromatic carbocycles. The van der Waals surface area contributed by atoms with Gasteiger partial charge in [0.25, 0.3) is 0 Å². The molecular formula is C20H19F3N2O. The highest BCUT2D eigenvalue weighted by Gasteiger charge is 2.36. The van der Waals surface area contributed by atoms with Crippen LogP contribution in [0.1, 0.15) is 30.9 Å². The molecule has 1 aromatic heterocycles. The normalized spacial score (nSPS) is 13.0. The van der Waals surface area contributed by atoms with Gasteiger partial charge in [-0.15, -0.1) is 0 Å². The first kappa shape index (κ1) is 18.0. The zero-order valence-corrected chi connectivity index (χ0v) is 14.5. The van der Waals surface area contributed by atoms with Gasteiger partial charge in [0.1, 0.15) is 0 Å². The van der Waals surface area contributed by atoms with Gasteiger partial charge < -0.3 is 9.88 Å². The van der Waals surface area contributed by atoms with Crippen molar-refractivity contribution >= 4 is 22.5 Å². The van der Waals surface area contributed by atoms with E-state index in [2.05, 4.69) is 5.32 Å². The molecule has 0 radical (unpaired) electrons. The Hall–Kier alpha value is -2.76. The molecule has 26 heavy (non-hydrogen) atoms. The van der Waals surface area contributed by atoms with Crippen LogP contribution in [0, 0.1) is 0 Å². The highest BCUT2D eigenvalue weighted by atomic mass is 19.4. The van der Waals surface area contributed by atoms with Gasteiger partial charge in [0.2, 0.25) is 5.91 Å². The fourth-order valence-electron chi connectivity index (χ4n) is 2.92. The molecule has 0 aliphatic heterocycles. The van der Waals surface area contributed by atoms with Crippen molar-refractivity contribution in [3.05, 3.63) is 65.9 Å². The van der Waals surface area contributed by atoms with Crippen molar-refractivity contribution in [2.45, 2.75) is 32.5 Å². The third-order valence-electron chi connectivity index (χ3n) is 4.41. The molecule has 1 N–H and O–H groups in total. The minimum atomic E-state index is -4.23. The number of nitrogens with one attached hydrogen (secondary N) is 1. The van der Waals surface area contributed by atoms with Crippen molar-refractivity contribution in [3.8, 4) is 0 Å². The van der Waals surface area contributed by atoms with Crippen LogP contribution in [-0.4, -0.2) is 16.7 Å². The van der Waals surface area contributed by atoms with Gasteiger partial charge in [-0.05, 0) is 42.3 Å². The van der Waals surface area contributed by atoms with Crippen LogP contribution in [0.3, 0.4) is 0 Å². The molecule has 1 heterocycles. The average Bonchev–Trinajstić information content (AvgIpc) is 2.96. The SMILES string of the molecule is CC(=O)Nc1ccc2c(ccn2Cc2ccc(C(C)C(F)(F)F)cc2)c1. The van der Waals surface area contributed by atoms with Crippen LogP contribution < -0.4 is 5.32 Å². The zero-order valence-electron chi connectivity index (χ0n) is 14.5. The summed E-state index contributed by atoms with van der Waals surface area (Å²) in [6.07, 6.45) is -2.31. The summed E-state index contributed by atoms with van der Waals surface area (Å²) >= 11 is 0. The number of aromatic nitrogens is 1. The number of halogens is 3. The highest BCUT2D eigenvalue weighted by Crippen LogP contribution is 2.34. The van der Waals surface area contributed by atoms with E-state index in [1.165, 1.54) is 26.0 Å². The monoisotopic (exact) mass is 360 g/mol. The lowest BCUT2D eigenvalue weighted by Gasteiger charge is -2.16. The summed E-state index contributed by atoms with van der Waals surface area (Å²) in [5, 5.41) is 3.73. The van der Waals surface area contributed by atoms with Crippen LogP contribution in [0.4, 0.5) is 18.9 Å². The second kappa shape index (κ2) is 6.86. The number of carbonyl (C=O) groups excluding carboxylic acids is 1. The third kappa shape index (κ3) is 3.90. The molecular weight excluding hydrogens is 341 g/mol. The molecule has 0 saturated heterocycles. The predicted molar refractivity (Wildman–Crippen MR) is 96.3 cm³/mol. The molecule has 6 heteroatoms. The first-order valence-corrected chi connectivity index (χ1v) is 8.26. The third-order valence-corrected chi connectivity index (χ3v) is 4.41. The van der Waals surface area contributed by atoms with Crippen LogP contribution in [-0.2, 0) is 11.3 Å². The van der Waals surface area contributed by atoms with Crippen molar-refractivity contribution in [2.24, 2.45) is 0 Å². The fraction of sp³-hybridized carbons (Fsp3) is 0.250. The Morgan fingerprint density at radius 3 is 2.42 bits per heavy atom. The fourth-order valence-corrected chi connectivity index (χ4v) is 2.92. The van der Waals surface area contributed by atoms with Gasteiger partial charge in [0.15, 0.2) is 0 Å². The molecule has 0 aliphatic carbocycles. The number of amides is 1. The maximum Gasteiger partial charge on any atom is 0.395 e. The lowest BCUT2D eigenvalue weighted by Crippen LogP contribution is -2.17. The lowest BCUT2D eigenvalue weighted by atomic mass is 9.99. The van der Waals surface area contributed by atoms with E-state index in [9.17, 15) is 18.0 Å². The van der Waals surface area contributed by atoms with Gasteiger partial charge >= 0.3 is 6.18 Å². The number of hydrogen-bond donors (Lipinski definition) is 1. The number of alkyl halides is 3. The standard InChI is InChI=1S/C20H19F3N2O/c1-13(20(21,22)23)16-5-3-15(4-6-16)12-25-10-9-17-11-18(24-14(2)26)7-8-19(17)25/h3-11,13H,12H2,1-2H3,(H,24,26). The Balaban J connectivity index is 1.80. The lowest BCUT2D eigenvalue weighted by molar-refractivity contribution is -0.146. The van der Waals surface area contributed by atoms with Crippen molar-refractivity contribution in [1.82, 2.24) is 4.57 Å². The number of anilines is 1. The van der Waals surface area contributed by atoms with Gasteiger partial charge in [-0.2, -0.15) is 13.2 Å². The van der Waals surface area contributed by atoms with Crippen molar-refractivity contribution in [3.63, 3.8) is 0 Å². The van der Waals surface area contributed by atoms with E-state index in [-0.39, 0.29) is 11.5 Å². The molecule has 3 rings (SSSR count). The topological polar surface area (TPSA) is 34.0 Å². The van der Waals surface area contributed by atoms with Crippen LogP contribution >= 0.6 is 0 Å². The van der Waals surface area contributed by atoms with Gasteiger partial charge in [0, 0.05) is 36.3 Å². The first-order chi connectivity index (χ1) is 12.2. The quantitative estimate of drug-likeness (QED) is 0.672. The van der Waals surface area contributed by atoms with E-state index in [0.717, 1.165) is 22.2 Å². The first-order valence-electron chi connectivity index (χ1n) is 8.26. The molecule has 1 atom stereocenters. The van der Waals surface area contributed by atoms with Crippen molar-refractivity contribution < 1.29 is 18.0 Å². The molecule has 0 aliphatic rings. The van der Waals surface area contributed by atoms with E-state index < -0.39 is 12.1 Å². The number of carbonyl (C=O) groups is 1. The van der Waals surface area contributed by atoms with Gasteiger partial charge in [0.05, 0.1) is 5.92 Å². The Morgan fingerprint density at radius 1 is 1.12 bits per heavy atom. The van der Waals surface area contributed by atoms with Gasteiger partial charge in [-0.1, -0.05) is 24.3 Å². The molecule has 1 unspecified atom stereocenters. The molecule has 136 valence electrons. The van der Waals surface area contributed by atoms with Crippen molar-refractivity contribution in [2.75, 3.05) is 5.32 Å². The predicted octanol–water partition coefficient (Wildman–Crippen LogP) is 5.31. The van der Waals surface area contributed by atoms with Crippen molar-refractivity contribution in [1.29, 1.82) is 0 Å². The van der Waals surface area contributed by atoms with E-state index in [1.54, 1.807) is 12.1 Å². The van der Waals surface area contributed by atoms with Crippen LogP contribution in [0.15, 0.2) is 54.7 Å².